The first-order chi connectivity index (χ1) is 7.12. The standard InChI is InChI=1S/C5H13O4P.C4H9N/c1-3-9-10(6,7)5-4-8-2;1-2-4-5-3-1/h3-5H2,1-2H3,(H,6,7);5H,1-4H2. The highest BCUT2D eigenvalue weighted by atomic mass is 31.2. The largest absolute Gasteiger partial charge is 0.384 e. The van der Waals surface area contributed by atoms with E-state index in [0.29, 0.717) is 0 Å². The third kappa shape index (κ3) is 10.4. The van der Waals surface area contributed by atoms with Crippen LogP contribution >= 0.6 is 7.60 Å². The summed E-state index contributed by atoms with van der Waals surface area (Å²) in [5, 5.41) is 3.22. The van der Waals surface area contributed by atoms with Crippen molar-refractivity contribution in [1.82, 2.24) is 5.32 Å². The highest BCUT2D eigenvalue weighted by molar-refractivity contribution is 7.52. The van der Waals surface area contributed by atoms with E-state index in [1.54, 1.807) is 6.92 Å². The quantitative estimate of drug-likeness (QED) is 0.706. The van der Waals surface area contributed by atoms with Crippen LogP contribution in [0.1, 0.15) is 19.8 Å². The molecule has 0 aromatic rings. The van der Waals surface area contributed by atoms with Gasteiger partial charge < -0.3 is 19.5 Å². The predicted molar refractivity (Wildman–Crippen MR) is 60.3 cm³/mol. The number of hydrogen-bond acceptors (Lipinski definition) is 4. The summed E-state index contributed by atoms with van der Waals surface area (Å²) in [7, 11) is -1.86. The normalized spacial score (nSPS) is 19.1. The zero-order valence-corrected chi connectivity index (χ0v) is 10.5. The van der Waals surface area contributed by atoms with Crippen LogP contribution in [0.4, 0.5) is 0 Å². The van der Waals surface area contributed by atoms with Gasteiger partial charge in [-0.15, -0.1) is 0 Å². The van der Waals surface area contributed by atoms with Crippen LogP contribution in [0.3, 0.4) is 0 Å². The van der Waals surface area contributed by atoms with Crippen molar-refractivity contribution in [1.29, 1.82) is 0 Å². The van der Waals surface area contributed by atoms with Crippen LogP contribution in [0.25, 0.3) is 0 Å². The van der Waals surface area contributed by atoms with E-state index in [1.807, 2.05) is 0 Å². The summed E-state index contributed by atoms with van der Waals surface area (Å²) in [6.45, 7) is 4.70. The van der Waals surface area contributed by atoms with Gasteiger partial charge in [-0.05, 0) is 32.9 Å². The van der Waals surface area contributed by atoms with Crippen molar-refractivity contribution in [3.05, 3.63) is 0 Å². The number of nitrogens with one attached hydrogen (secondary N) is 1. The van der Waals surface area contributed by atoms with Crippen molar-refractivity contribution in [3.63, 3.8) is 0 Å². The zero-order valence-electron chi connectivity index (χ0n) is 9.57. The van der Waals surface area contributed by atoms with Gasteiger partial charge in [-0.25, -0.2) is 0 Å². The van der Waals surface area contributed by atoms with Crippen molar-refractivity contribution in [2.75, 3.05) is 39.6 Å². The Hall–Kier alpha value is 0.0700. The predicted octanol–water partition coefficient (Wildman–Crippen LogP) is 1.22. The Balaban J connectivity index is 0.000000322. The Morgan fingerprint density at radius 1 is 1.40 bits per heavy atom. The van der Waals surface area contributed by atoms with E-state index in [0.717, 1.165) is 0 Å². The lowest BCUT2D eigenvalue weighted by atomic mass is 10.4. The van der Waals surface area contributed by atoms with Gasteiger partial charge in [0.2, 0.25) is 0 Å². The molecule has 0 aromatic heterocycles. The molecular weight excluding hydrogens is 217 g/mol. The minimum Gasteiger partial charge on any atom is -0.384 e. The molecule has 1 saturated heterocycles. The van der Waals surface area contributed by atoms with Gasteiger partial charge in [0.05, 0.1) is 19.4 Å². The van der Waals surface area contributed by atoms with Crippen molar-refractivity contribution in [3.8, 4) is 0 Å². The lowest BCUT2D eigenvalue weighted by Gasteiger charge is -2.08. The Morgan fingerprint density at radius 2 is 2.00 bits per heavy atom. The highest BCUT2D eigenvalue weighted by Gasteiger charge is 2.16. The number of ether oxygens (including phenoxy) is 1. The minimum absolute atomic E-state index is 0.0668. The van der Waals surface area contributed by atoms with E-state index >= 15 is 0 Å². The summed E-state index contributed by atoms with van der Waals surface area (Å²) in [5.41, 5.74) is 0. The van der Waals surface area contributed by atoms with Gasteiger partial charge >= 0.3 is 7.60 Å². The molecule has 0 amide bonds. The molecular formula is C9H22NO4P. The van der Waals surface area contributed by atoms with E-state index in [1.165, 1.54) is 33.0 Å². The minimum atomic E-state index is -3.33. The summed E-state index contributed by atoms with van der Waals surface area (Å²) < 4.78 is 20.0. The van der Waals surface area contributed by atoms with E-state index in [9.17, 15) is 4.57 Å². The van der Waals surface area contributed by atoms with Crippen LogP contribution in [0.2, 0.25) is 0 Å². The molecule has 1 fully saturated rings. The molecule has 5 nitrogen and oxygen atoms in total. The van der Waals surface area contributed by atoms with Crippen molar-refractivity contribution in [2.45, 2.75) is 19.8 Å². The van der Waals surface area contributed by atoms with Crippen molar-refractivity contribution in [2.24, 2.45) is 0 Å². The lowest BCUT2D eigenvalue weighted by Crippen LogP contribution is -2.03. The first-order valence-corrected chi connectivity index (χ1v) is 7.04. The average Bonchev–Trinajstić information content (AvgIpc) is 2.72. The molecule has 1 heterocycles. The van der Waals surface area contributed by atoms with Gasteiger partial charge in [0.15, 0.2) is 0 Å². The van der Waals surface area contributed by atoms with Crippen LogP contribution in [-0.4, -0.2) is 44.5 Å². The highest BCUT2D eigenvalue weighted by Crippen LogP contribution is 2.40. The van der Waals surface area contributed by atoms with E-state index in [4.69, 9.17) is 4.89 Å². The SMILES string of the molecule is C1CCNC1.CCOP(=O)(O)CCOC. The number of hydrogen-bond donors (Lipinski definition) is 2. The molecule has 0 aliphatic carbocycles. The molecule has 1 atom stereocenters. The topological polar surface area (TPSA) is 67.8 Å². The van der Waals surface area contributed by atoms with Crippen LogP contribution < -0.4 is 5.32 Å². The summed E-state index contributed by atoms with van der Waals surface area (Å²) in [5.74, 6) is 0. The Bertz CT molecular complexity index is 177. The summed E-state index contributed by atoms with van der Waals surface area (Å²) in [6, 6.07) is 0. The lowest BCUT2D eigenvalue weighted by molar-refractivity contribution is 0.203. The Kier molecular flexibility index (Phi) is 9.35. The van der Waals surface area contributed by atoms with Crippen LogP contribution in [0.5, 0.6) is 0 Å². The van der Waals surface area contributed by atoms with Gasteiger partial charge in [0.25, 0.3) is 0 Å². The summed E-state index contributed by atoms with van der Waals surface area (Å²) in [6.07, 6.45) is 2.84. The molecule has 1 aliphatic rings. The molecule has 1 unspecified atom stereocenters. The van der Waals surface area contributed by atoms with Gasteiger partial charge in [-0.2, -0.15) is 0 Å². The maximum Gasteiger partial charge on any atom is 0.330 e. The van der Waals surface area contributed by atoms with Gasteiger partial charge in [0, 0.05) is 7.11 Å². The second-order valence-corrected chi connectivity index (χ2v) is 5.21. The monoisotopic (exact) mass is 239 g/mol. The molecule has 6 heteroatoms. The molecule has 0 radical (unpaired) electrons. The number of rotatable bonds is 5. The zero-order chi connectivity index (χ0) is 11.6. The van der Waals surface area contributed by atoms with E-state index in [2.05, 4.69) is 14.6 Å². The molecule has 92 valence electrons. The fourth-order valence-electron chi connectivity index (χ4n) is 1.10. The molecule has 2 N–H and O–H groups in total. The molecule has 1 aliphatic heterocycles. The average molecular weight is 239 g/mol. The fourth-order valence-corrected chi connectivity index (χ4v) is 2.04. The molecule has 15 heavy (non-hydrogen) atoms. The second-order valence-electron chi connectivity index (χ2n) is 3.23. The molecule has 0 bridgehead atoms. The Labute approximate surface area is 91.7 Å². The second kappa shape index (κ2) is 9.31. The first-order valence-electron chi connectivity index (χ1n) is 5.28. The van der Waals surface area contributed by atoms with Gasteiger partial charge in [-0.1, -0.05) is 0 Å². The summed E-state index contributed by atoms with van der Waals surface area (Å²) >= 11 is 0. The Morgan fingerprint density at radius 3 is 2.33 bits per heavy atom. The van der Waals surface area contributed by atoms with Gasteiger partial charge in [0.1, 0.15) is 0 Å². The third-order valence-corrected chi connectivity index (χ3v) is 3.28. The molecule has 0 saturated carbocycles. The summed E-state index contributed by atoms with van der Waals surface area (Å²) in [4.78, 5) is 8.90. The van der Waals surface area contributed by atoms with E-state index < -0.39 is 7.60 Å². The third-order valence-electron chi connectivity index (χ3n) is 1.87. The van der Waals surface area contributed by atoms with Crippen molar-refractivity contribution < 1.29 is 18.7 Å². The van der Waals surface area contributed by atoms with E-state index in [-0.39, 0.29) is 19.4 Å². The van der Waals surface area contributed by atoms with Crippen LogP contribution in [-0.2, 0) is 13.8 Å². The maximum absolute atomic E-state index is 10.8. The molecule has 1 rings (SSSR count). The number of methoxy groups -OCH3 is 1. The molecule has 0 spiro atoms. The fraction of sp³-hybridized carbons (Fsp3) is 1.00. The van der Waals surface area contributed by atoms with Crippen LogP contribution in [0, 0.1) is 0 Å². The smallest absolute Gasteiger partial charge is 0.330 e. The van der Waals surface area contributed by atoms with Gasteiger partial charge in [-0.3, -0.25) is 4.57 Å². The first kappa shape index (κ1) is 15.1. The molecule has 0 aromatic carbocycles. The van der Waals surface area contributed by atoms with Crippen molar-refractivity contribution >= 4 is 7.60 Å². The van der Waals surface area contributed by atoms with Crippen LogP contribution in [0.15, 0.2) is 0 Å². The maximum atomic E-state index is 10.8.